The van der Waals surface area contributed by atoms with Gasteiger partial charge in [0.25, 0.3) is 0 Å². The molecule has 1 aromatic carbocycles. The Kier molecular flexibility index (Phi) is 11.3. The van der Waals surface area contributed by atoms with Crippen LogP contribution in [0.15, 0.2) is 54.6 Å². The molecule has 0 fully saturated rings. The highest BCUT2D eigenvalue weighted by atomic mass is 32.2. The van der Waals surface area contributed by atoms with Gasteiger partial charge in [0.15, 0.2) is 0 Å². The van der Waals surface area contributed by atoms with Crippen molar-refractivity contribution >= 4 is 16.8 Å². The zero-order chi connectivity index (χ0) is 22.6. The van der Waals surface area contributed by atoms with Gasteiger partial charge in [-0.3, -0.25) is 9.00 Å². The Morgan fingerprint density at radius 2 is 1.73 bits per heavy atom. The van der Waals surface area contributed by atoms with Crippen LogP contribution in [0, 0.1) is 0 Å². The van der Waals surface area contributed by atoms with Gasteiger partial charge < -0.3 is 9.84 Å². The molecule has 0 aliphatic heterocycles. The highest BCUT2D eigenvalue weighted by Gasteiger charge is 2.34. The molecular formula is C25H38O4S. The molecule has 0 aromatic heterocycles. The minimum Gasteiger partial charge on any atom is -0.481 e. The van der Waals surface area contributed by atoms with E-state index in [1.807, 2.05) is 50.3 Å². The van der Waals surface area contributed by atoms with Crippen LogP contribution in [0.3, 0.4) is 0 Å². The number of carbonyl (C=O) groups is 1. The number of carboxylic acid groups (broad SMARTS) is 1. The fraction of sp³-hybridized carbons (Fsp3) is 0.560. The predicted octanol–water partition coefficient (Wildman–Crippen LogP) is 5.66. The van der Waals surface area contributed by atoms with Crippen LogP contribution in [0.25, 0.3) is 0 Å². The molecule has 3 atom stereocenters. The fourth-order valence-corrected chi connectivity index (χ4v) is 4.45. The van der Waals surface area contributed by atoms with Crippen molar-refractivity contribution in [3.8, 4) is 0 Å². The van der Waals surface area contributed by atoms with Crippen LogP contribution in [-0.2, 0) is 25.7 Å². The van der Waals surface area contributed by atoms with E-state index in [2.05, 4.69) is 19.6 Å². The van der Waals surface area contributed by atoms with E-state index in [0.29, 0.717) is 31.0 Å². The first-order valence-electron chi connectivity index (χ1n) is 10.7. The Labute approximate surface area is 184 Å². The second-order valence-corrected chi connectivity index (χ2v) is 9.96. The van der Waals surface area contributed by atoms with E-state index in [9.17, 15) is 14.1 Å². The molecule has 0 radical (unpaired) electrons. The Balaban J connectivity index is 2.49. The van der Waals surface area contributed by atoms with E-state index >= 15 is 0 Å². The standard InChI is InChI=1S/C25H38O4S/c1-6-7-11-18-29-25(5,21(2)3)17-13-20-30(28)19-12-16-24(4,23(26)27)22-14-9-8-10-15-22/h7-11,14-15H,2,6,12-13,16-20H2,1,3-5H3,(H,26,27)/b11-7-. The number of benzene rings is 1. The van der Waals surface area contributed by atoms with E-state index < -0.39 is 27.8 Å². The molecule has 1 rings (SSSR count). The Morgan fingerprint density at radius 1 is 1.13 bits per heavy atom. The smallest absolute Gasteiger partial charge is 0.313 e. The van der Waals surface area contributed by atoms with Crippen LogP contribution in [0.5, 0.6) is 0 Å². The summed E-state index contributed by atoms with van der Waals surface area (Å²) in [6.45, 7) is 12.5. The molecule has 168 valence electrons. The van der Waals surface area contributed by atoms with Gasteiger partial charge in [-0.15, -0.1) is 0 Å². The molecular weight excluding hydrogens is 396 g/mol. The SMILES string of the molecule is C=C(C)C(C)(CCCS(=O)CCCC(C)(C(=O)O)c1ccccc1)OC/C=C\CC. The number of carboxylic acids is 1. The first kappa shape index (κ1) is 26.3. The van der Waals surface area contributed by atoms with Crippen molar-refractivity contribution in [1.82, 2.24) is 0 Å². The van der Waals surface area contributed by atoms with Crippen LogP contribution in [0.4, 0.5) is 0 Å². The summed E-state index contributed by atoms with van der Waals surface area (Å²) in [6, 6.07) is 9.28. The van der Waals surface area contributed by atoms with E-state index in [0.717, 1.165) is 30.4 Å². The molecule has 0 bridgehead atoms. The van der Waals surface area contributed by atoms with Crippen molar-refractivity contribution in [1.29, 1.82) is 0 Å². The molecule has 1 N–H and O–H groups in total. The van der Waals surface area contributed by atoms with E-state index in [1.54, 1.807) is 6.92 Å². The van der Waals surface area contributed by atoms with Crippen molar-refractivity contribution in [2.75, 3.05) is 18.1 Å². The van der Waals surface area contributed by atoms with Gasteiger partial charge >= 0.3 is 5.97 Å². The number of aliphatic carboxylic acids is 1. The lowest BCUT2D eigenvalue weighted by atomic mass is 9.79. The molecule has 30 heavy (non-hydrogen) atoms. The van der Waals surface area contributed by atoms with Crippen molar-refractivity contribution in [2.45, 2.75) is 70.8 Å². The first-order chi connectivity index (χ1) is 14.2. The second kappa shape index (κ2) is 12.9. The van der Waals surface area contributed by atoms with Gasteiger partial charge in [0.2, 0.25) is 0 Å². The molecule has 3 unspecified atom stereocenters. The summed E-state index contributed by atoms with van der Waals surface area (Å²) < 4.78 is 18.5. The molecule has 1 aromatic rings. The Hall–Kier alpha value is -1.72. The maximum Gasteiger partial charge on any atom is 0.313 e. The minimum absolute atomic E-state index is 0.419. The maximum absolute atomic E-state index is 12.5. The predicted molar refractivity (Wildman–Crippen MR) is 126 cm³/mol. The number of hydrogen-bond donors (Lipinski definition) is 1. The quantitative estimate of drug-likeness (QED) is 0.362. The second-order valence-electron chi connectivity index (χ2n) is 8.26. The lowest BCUT2D eigenvalue weighted by Crippen LogP contribution is -2.33. The van der Waals surface area contributed by atoms with Crippen molar-refractivity contribution in [3.63, 3.8) is 0 Å². The van der Waals surface area contributed by atoms with Gasteiger partial charge in [0.1, 0.15) is 0 Å². The van der Waals surface area contributed by atoms with Crippen LogP contribution in [-0.4, -0.2) is 39.0 Å². The molecule has 0 aliphatic carbocycles. The van der Waals surface area contributed by atoms with Crippen LogP contribution >= 0.6 is 0 Å². The molecule has 0 amide bonds. The van der Waals surface area contributed by atoms with Crippen molar-refractivity contribution in [2.24, 2.45) is 0 Å². The van der Waals surface area contributed by atoms with Gasteiger partial charge in [-0.05, 0) is 64.0 Å². The summed E-state index contributed by atoms with van der Waals surface area (Å²) in [5, 5.41) is 9.74. The zero-order valence-electron chi connectivity index (χ0n) is 19.0. The summed E-state index contributed by atoms with van der Waals surface area (Å²) in [5.74, 6) is 0.261. The number of rotatable bonds is 15. The van der Waals surface area contributed by atoms with Gasteiger partial charge in [0.05, 0.1) is 17.6 Å². The minimum atomic E-state index is -0.973. The maximum atomic E-state index is 12.5. The van der Waals surface area contributed by atoms with Crippen LogP contribution < -0.4 is 0 Å². The summed E-state index contributed by atoms with van der Waals surface area (Å²) in [6.07, 6.45) is 7.71. The Morgan fingerprint density at radius 3 is 2.27 bits per heavy atom. The zero-order valence-corrected chi connectivity index (χ0v) is 19.8. The van der Waals surface area contributed by atoms with Crippen LogP contribution in [0.1, 0.15) is 65.4 Å². The molecule has 0 spiro atoms. The molecule has 4 nitrogen and oxygen atoms in total. The van der Waals surface area contributed by atoms with Gasteiger partial charge in [-0.1, -0.05) is 56.0 Å². The van der Waals surface area contributed by atoms with Crippen LogP contribution in [0.2, 0.25) is 0 Å². The lowest BCUT2D eigenvalue weighted by molar-refractivity contribution is -0.143. The third kappa shape index (κ3) is 8.19. The summed E-state index contributed by atoms with van der Waals surface area (Å²) >= 11 is 0. The van der Waals surface area contributed by atoms with Gasteiger partial charge in [-0.25, -0.2) is 0 Å². The molecule has 0 aliphatic rings. The highest BCUT2D eigenvalue weighted by Crippen LogP contribution is 2.30. The monoisotopic (exact) mass is 434 g/mol. The summed E-state index contributed by atoms with van der Waals surface area (Å²) in [4.78, 5) is 11.9. The number of ether oxygens (including phenoxy) is 1. The van der Waals surface area contributed by atoms with E-state index in [-0.39, 0.29) is 0 Å². The first-order valence-corrected chi connectivity index (χ1v) is 12.2. The fourth-order valence-electron chi connectivity index (χ4n) is 3.32. The van der Waals surface area contributed by atoms with Crippen molar-refractivity contribution < 1.29 is 18.8 Å². The van der Waals surface area contributed by atoms with Crippen molar-refractivity contribution in [3.05, 3.63) is 60.2 Å². The van der Waals surface area contributed by atoms with E-state index in [1.165, 1.54) is 0 Å². The normalized spacial score (nSPS) is 16.7. The van der Waals surface area contributed by atoms with E-state index in [4.69, 9.17) is 4.74 Å². The van der Waals surface area contributed by atoms with Gasteiger partial charge in [0, 0.05) is 22.3 Å². The topological polar surface area (TPSA) is 63.6 Å². The Bertz CT molecular complexity index is 728. The highest BCUT2D eigenvalue weighted by molar-refractivity contribution is 7.84. The summed E-state index contributed by atoms with van der Waals surface area (Å²) in [5.41, 5.74) is 0.384. The van der Waals surface area contributed by atoms with Gasteiger partial charge in [-0.2, -0.15) is 0 Å². The molecule has 0 heterocycles. The lowest BCUT2D eigenvalue weighted by Gasteiger charge is -2.30. The molecule has 5 heteroatoms. The average molecular weight is 435 g/mol. The molecule has 0 saturated carbocycles. The molecule has 0 saturated heterocycles. The average Bonchev–Trinajstić information content (AvgIpc) is 2.71. The summed E-state index contributed by atoms with van der Waals surface area (Å²) in [7, 11) is -0.973. The third-order valence-corrected chi connectivity index (χ3v) is 7.25. The largest absolute Gasteiger partial charge is 0.481 e. The number of hydrogen-bond acceptors (Lipinski definition) is 3. The number of allylic oxidation sites excluding steroid dienone is 1. The third-order valence-electron chi connectivity index (χ3n) is 5.76.